The number of hydrogen-bond donors (Lipinski definition) is 1. The van der Waals surface area contributed by atoms with Gasteiger partial charge in [0.25, 0.3) is 5.91 Å². The monoisotopic (exact) mass is 221 g/mol. The zero-order valence-corrected chi connectivity index (χ0v) is 9.45. The van der Waals surface area contributed by atoms with Crippen molar-refractivity contribution in [2.24, 2.45) is 0 Å². The van der Waals surface area contributed by atoms with Gasteiger partial charge in [-0.25, -0.2) is 0 Å². The lowest BCUT2D eigenvalue weighted by Crippen LogP contribution is -2.21. The van der Waals surface area contributed by atoms with Gasteiger partial charge in [-0.3, -0.25) is 4.79 Å². The minimum atomic E-state index is -0.171. The summed E-state index contributed by atoms with van der Waals surface area (Å²) in [4.78, 5) is 11.6. The number of hydrogen-bond acceptors (Lipinski definition) is 3. The third-order valence-electron chi connectivity index (χ3n) is 2.53. The van der Waals surface area contributed by atoms with Crippen LogP contribution in [0.4, 0.5) is 0 Å². The molecule has 0 radical (unpaired) electrons. The van der Waals surface area contributed by atoms with Crippen molar-refractivity contribution < 1.29 is 14.3 Å². The molecule has 1 aliphatic rings. The predicted octanol–water partition coefficient (Wildman–Crippen LogP) is 1.21. The number of epoxide rings is 1. The lowest BCUT2D eigenvalue weighted by molar-refractivity contribution is 0.0957. The maximum atomic E-state index is 11.6. The second-order valence-electron chi connectivity index (χ2n) is 4.10. The van der Waals surface area contributed by atoms with Gasteiger partial charge in [0.05, 0.1) is 12.2 Å². The molecule has 0 aliphatic carbocycles. The summed E-state index contributed by atoms with van der Waals surface area (Å²) in [6, 6.07) is 7.19. The Bertz CT molecular complexity index is 399. The highest BCUT2D eigenvalue weighted by Gasteiger charge is 2.40. The standard InChI is InChI=1S/C12H15NO3/c1-12(8-16-12)7-15-10-6-4-3-5-9(10)11(14)13-2/h3-6H,7-8H2,1-2H3,(H,13,14). The minimum Gasteiger partial charge on any atom is -0.490 e. The number of benzene rings is 1. The number of carbonyl (C=O) groups is 1. The van der Waals surface area contributed by atoms with Gasteiger partial charge >= 0.3 is 0 Å². The first-order valence-corrected chi connectivity index (χ1v) is 5.22. The predicted molar refractivity (Wildman–Crippen MR) is 59.7 cm³/mol. The topological polar surface area (TPSA) is 50.9 Å². The number of amides is 1. The van der Waals surface area contributed by atoms with Gasteiger partial charge in [-0.2, -0.15) is 0 Å². The first-order chi connectivity index (χ1) is 7.64. The van der Waals surface area contributed by atoms with E-state index in [2.05, 4.69) is 5.32 Å². The van der Waals surface area contributed by atoms with Crippen LogP contribution >= 0.6 is 0 Å². The van der Waals surface area contributed by atoms with Crippen LogP contribution in [-0.4, -0.2) is 31.8 Å². The van der Waals surface area contributed by atoms with Crippen molar-refractivity contribution in [1.29, 1.82) is 0 Å². The molecule has 1 fully saturated rings. The molecule has 16 heavy (non-hydrogen) atoms. The van der Waals surface area contributed by atoms with Crippen molar-refractivity contribution >= 4 is 5.91 Å². The van der Waals surface area contributed by atoms with E-state index in [1.165, 1.54) is 0 Å². The van der Waals surface area contributed by atoms with Crippen LogP contribution in [0.15, 0.2) is 24.3 Å². The summed E-state index contributed by atoms with van der Waals surface area (Å²) in [5, 5.41) is 2.58. The SMILES string of the molecule is CNC(=O)c1ccccc1OCC1(C)CO1. The molecule has 4 heteroatoms. The Kier molecular flexibility index (Phi) is 2.83. The molecule has 2 rings (SSSR count). The molecular weight excluding hydrogens is 206 g/mol. The highest BCUT2D eigenvalue weighted by atomic mass is 16.6. The molecule has 0 bridgehead atoms. The number of rotatable bonds is 4. The van der Waals surface area contributed by atoms with Gasteiger partial charge in [-0.15, -0.1) is 0 Å². The van der Waals surface area contributed by atoms with E-state index >= 15 is 0 Å². The molecule has 0 aromatic heterocycles. The van der Waals surface area contributed by atoms with E-state index in [1.54, 1.807) is 19.2 Å². The van der Waals surface area contributed by atoms with Crippen LogP contribution in [-0.2, 0) is 4.74 Å². The van der Waals surface area contributed by atoms with Crippen LogP contribution in [0, 0.1) is 0 Å². The highest BCUT2D eigenvalue weighted by molar-refractivity contribution is 5.96. The van der Waals surface area contributed by atoms with Gasteiger partial charge in [-0.05, 0) is 19.1 Å². The second-order valence-corrected chi connectivity index (χ2v) is 4.10. The fraction of sp³-hybridized carbons (Fsp3) is 0.417. The molecule has 1 heterocycles. The molecule has 1 saturated heterocycles. The van der Waals surface area contributed by atoms with Crippen molar-refractivity contribution in [1.82, 2.24) is 5.32 Å². The molecule has 1 aromatic carbocycles. The van der Waals surface area contributed by atoms with E-state index in [9.17, 15) is 4.79 Å². The Labute approximate surface area is 94.6 Å². The Balaban J connectivity index is 2.09. The maximum absolute atomic E-state index is 11.6. The summed E-state index contributed by atoms with van der Waals surface area (Å²) in [5.74, 6) is 0.455. The van der Waals surface area contributed by atoms with Crippen LogP contribution in [0.5, 0.6) is 5.75 Å². The lowest BCUT2D eigenvalue weighted by atomic mass is 10.2. The number of carbonyl (C=O) groups excluding carboxylic acids is 1. The Hall–Kier alpha value is -1.55. The summed E-state index contributed by atoms with van der Waals surface area (Å²) in [6.07, 6.45) is 0. The molecule has 1 atom stereocenters. The summed E-state index contributed by atoms with van der Waals surface area (Å²) in [6.45, 7) is 3.17. The van der Waals surface area contributed by atoms with Crippen LogP contribution in [0.1, 0.15) is 17.3 Å². The molecule has 0 saturated carbocycles. The van der Waals surface area contributed by atoms with Crippen molar-refractivity contribution in [2.75, 3.05) is 20.3 Å². The first-order valence-electron chi connectivity index (χ1n) is 5.22. The molecule has 1 aliphatic heterocycles. The summed E-state index contributed by atoms with van der Waals surface area (Å²) in [5.41, 5.74) is 0.379. The molecular formula is C12H15NO3. The highest BCUT2D eigenvalue weighted by Crippen LogP contribution is 2.28. The van der Waals surface area contributed by atoms with Crippen LogP contribution in [0.25, 0.3) is 0 Å². The van der Waals surface area contributed by atoms with Gasteiger partial charge < -0.3 is 14.8 Å². The third kappa shape index (κ3) is 2.33. The molecule has 0 spiro atoms. The summed E-state index contributed by atoms with van der Waals surface area (Å²) >= 11 is 0. The number of ether oxygens (including phenoxy) is 2. The molecule has 1 aromatic rings. The first kappa shape index (κ1) is 11.0. The zero-order chi connectivity index (χ0) is 11.6. The number of para-hydroxylation sites is 1. The summed E-state index contributed by atoms with van der Waals surface area (Å²) < 4.78 is 10.8. The van der Waals surface area contributed by atoms with Crippen LogP contribution < -0.4 is 10.1 Å². The van der Waals surface area contributed by atoms with Crippen molar-refractivity contribution in [3.63, 3.8) is 0 Å². The second kappa shape index (κ2) is 4.14. The Morgan fingerprint density at radius 1 is 1.56 bits per heavy atom. The lowest BCUT2D eigenvalue weighted by Gasteiger charge is -2.12. The molecule has 1 unspecified atom stereocenters. The number of nitrogens with one attached hydrogen (secondary N) is 1. The fourth-order valence-electron chi connectivity index (χ4n) is 1.35. The van der Waals surface area contributed by atoms with Gasteiger partial charge in [0.15, 0.2) is 0 Å². The molecule has 1 amide bonds. The van der Waals surface area contributed by atoms with Crippen molar-refractivity contribution in [3.05, 3.63) is 29.8 Å². The van der Waals surface area contributed by atoms with Crippen LogP contribution in [0.3, 0.4) is 0 Å². The summed E-state index contributed by atoms with van der Waals surface area (Å²) in [7, 11) is 1.60. The van der Waals surface area contributed by atoms with Gasteiger partial charge in [-0.1, -0.05) is 12.1 Å². The third-order valence-corrected chi connectivity index (χ3v) is 2.53. The molecule has 86 valence electrons. The normalized spacial score (nSPS) is 22.6. The average Bonchev–Trinajstić information content (AvgIpc) is 3.05. The maximum Gasteiger partial charge on any atom is 0.254 e. The smallest absolute Gasteiger partial charge is 0.254 e. The Morgan fingerprint density at radius 2 is 2.25 bits per heavy atom. The van der Waals surface area contributed by atoms with E-state index in [0.717, 1.165) is 6.61 Å². The molecule has 4 nitrogen and oxygen atoms in total. The van der Waals surface area contributed by atoms with Crippen molar-refractivity contribution in [3.8, 4) is 5.75 Å². The minimum absolute atomic E-state index is 0.141. The van der Waals surface area contributed by atoms with E-state index in [1.807, 2.05) is 19.1 Å². The quantitative estimate of drug-likeness (QED) is 0.777. The Morgan fingerprint density at radius 3 is 2.88 bits per heavy atom. The van der Waals surface area contributed by atoms with E-state index < -0.39 is 0 Å². The fourth-order valence-corrected chi connectivity index (χ4v) is 1.35. The molecule has 1 N–H and O–H groups in total. The van der Waals surface area contributed by atoms with E-state index in [4.69, 9.17) is 9.47 Å². The van der Waals surface area contributed by atoms with Gasteiger partial charge in [0.1, 0.15) is 18.0 Å². The van der Waals surface area contributed by atoms with Crippen molar-refractivity contribution in [2.45, 2.75) is 12.5 Å². The van der Waals surface area contributed by atoms with Gasteiger partial charge in [0, 0.05) is 7.05 Å². The van der Waals surface area contributed by atoms with E-state index in [0.29, 0.717) is 17.9 Å². The largest absolute Gasteiger partial charge is 0.490 e. The van der Waals surface area contributed by atoms with E-state index in [-0.39, 0.29) is 11.5 Å². The average molecular weight is 221 g/mol. The van der Waals surface area contributed by atoms with Gasteiger partial charge in [0.2, 0.25) is 0 Å². The zero-order valence-electron chi connectivity index (χ0n) is 9.45. The van der Waals surface area contributed by atoms with Crippen LogP contribution in [0.2, 0.25) is 0 Å².